The van der Waals surface area contributed by atoms with Crippen molar-refractivity contribution in [2.75, 3.05) is 14.2 Å². The summed E-state index contributed by atoms with van der Waals surface area (Å²) < 4.78 is 15.7. The lowest BCUT2D eigenvalue weighted by Gasteiger charge is -2.09. The Morgan fingerprint density at radius 3 is 1.97 bits per heavy atom. The van der Waals surface area contributed by atoms with Gasteiger partial charge in [-0.25, -0.2) is 4.79 Å². The SMILES string of the molecule is COc1ccc(/C(C#N)=C\c2ccc(OC(=O)c3cc([N+](=O)[O-])cc([N+](=O)[O-])c3)cc2)cc1OC. The van der Waals surface area contributed by atoms with Crippen LogP contribution in [0.25, 0.3) is 11.6 Å². The number of allylic oxidation sites excluding steroid dienone is 1. The maximum atomic E-state index is 12.4. The minimum absolute atomic E-state index is 0.103. The molecule has 0 spiro atoms. The van der Waals surface area contributed by atoms with Crippen molar-refractivity contribution < 1.29 is 28.9 Å². The van der Waals surface area contributed by atoms with E-state index in [4.69, 9.17) is 14.2 Å². The quantitative estimate of drug-likeness (QED) is 0.111. The molecule has 0 aromatic heterocycles. The molecule has 0 N–H and O–H groups in total. The number of carbonyl (C=O) groups is 1. The second-order valence-corrected chi connectivity index (χ2v) is 6.95. The molecule has 0 fully saturated rings. The Morgan fingerprint density at radius 2 is 1.46 bits per heavy atom. The summed E-state index contributed by atoms with van der Waals surface area (Å²) in [7, 11) is 3.00. The highest BCUT2D eigenvalue weighted by molar-refractivity contribution is 5.93. The van der Waals surface area contributed by atoms with Gasteiger partial charge >= 0.3 is 5.97 Å². The smallest absolute Gasteiger partial charge is 0.344 e. The third kappa shape index (κ3) is 5.77. The number of carbonyl (C=O) groups excluding carboxylic acids is 1. The van der Waals surface area contributed by atoms with Crippen LogP contribution in [0.3, 0.4) is 0 Å². The van der Waals surface area contributed by atoms with Gasteiger partial charge in [-0.2, -0.15) is 5.26 Å². The van der Waals surface area contributed by atoms with Gasteiger partial charge in [-0.1, -0.05) is 12.1 Å². The maximum Gasteiger partial charge on any atom is 0.344 e. The van der Waals surface area contributed by atoms with Crippen molar-refractivity contribution in [3.63, 3.8) is 0 Å². The van der Waals surface area contributed by atoms with Crippen LogP contribution >= 0.6 is 0 Å². The first kappa shape index (κ1) is 24.4. The fraction of sp³-hybridized carbons (Fsp3) is 0.0833. The van der Waals surface area contributed by atoms with Gasteiger partial charge in [0.2, 0.25) is 0 Å². The van der Waals surface area contributed by atoms with Crippen molar-refractivity contribution >= 4 is 29.0 Å². The molecule has 0 aliphatic heterocycles. The standard InChI is InChI=1S/C24H17N3O8/c1-33-22-8-5-16(12-23(22)34-2)18(14-25)9-15-3-6-21(7-4-15)35-24(28)17-10-19(26(29)30)13-20(11-17)27(31)32/h3-13H,1-2H3/b18-9-. The summed E-state index contributed by atoms with van der Waals surface area (Å²) in [6.45, 7) is 0. The van der Waals surface area contributed by atoms with E-state index in [1.165, 1.54) is 26.4 Å². The van der Waals surface area contributed by atoms with Crippen molar-refractivity contribution in [1.82, 2.24) is 0 Å². The molecule has 11 nitrogen and oxygen atoms in total. The summed E-state index contributed by atoms with van der Waals surface area (Å²) in [6.07, 6.45) is 1.62. The molecule has 11 heteroatoms. The number of nitrogens with zero attached hydrogens (tertiary/aromatic N) is 3. The Hall–Kier alpha value is -5.24. The van der Waals surface area contributed by atoms with Crippen LogP contribution in [-0.4, -0.2) is 30.0 Å². The number of rotatable bonds is 8. The number of benzene rings is 3. The molecule has 0 amide bonds. The maximum absolute atomic E-state index is 12.4. The molecule has 3 aromatic carbocycles. The second kappa shape index (κ2) is 10.6. The van der Waals surface area contributed by atoms with E-state index in [-0.39, 0.29) is 11.3 Å². The van der Waals surface area contributed by atoms with Gasteiger partial charge in [0.25, 0.3) is 11.4 Å². The van der Waals surface area contributed by atoms with E-state index in [9.17, 15) is 30.3 Å². The molecule has 3 rings (SSSR count). The van der Waals surface area contributed by atoms with Crippen molar-refractivity contribution in [2.45, 2.75) is 0 Å². The summed E-state index contributed by atoms with van der Waals surface area (Å²) in [5.41, 5.74) is 0.0291. The number of non-ortho nitro benzene ring substituents is 2. The molecule has 35 heavy (non-hydrogen) atoms. The lowest BCUT2D eigenvalue weighted by Crippen LogP contribution is -2.09. The molecule has 0 bridgehead atoms. The average molecular weight is 475 g/mol. The molecule has 0 unspecified atom stereocenters. The van der Waals surface area contributed by atoms with Crippen LogP contribution in [0.1, 0.15) is 21.5 Å². The monoisotopic (exact) mass is 475 g/mol. The molecule has 0 saturated heterocycles. The first-order valence-corrected chi connectivity index (χ1v) is 9.86. The lowest BCUT2D eigenvalue weighted by molar-refractivity contribution is -0.394. The first-order chi connectivity index (χ1) is 16.7. The van der Waals surface area contributed by atoms with Gasteiger partial charge in [0.15, 0.2) is 11.5 Å². The highest BCUT2D eigenvalue weighted by Gasteiger charge is 2.21. The summed E-state index contributed by atoms with van der Waals surface area (Å²) in [5.74, 6) is 0.0950. The number of nitro groups is 2. The number of methoxy groups -OCH3 is 2. The van der Waals surface area contributed by atoms with E-state index < -0.39 is 27.2 Å². The molecule has 0 aliphatic rings. The minimum atomic E-state index is -0.997. The van der Waals surface area contributed by atoms with E-state index in [0.29, 0.717) is 28.2 Å². The first-order valence-electron chi connectivity index (χ1n) is 9.86. The summed E-state index contributed by atoms with van der Waals surface area (Å²) in [4.78, 5) is 32.8. The Labute approximate surface area is 198 Å². The minimum Gasteiger partial charge on any atom is -0.493 e. The number of hydrogen-bond acceptors (Lipinski definition) is 9. The molecular formula is C24H17N3O8. The number of esters is 1. The number of hydrogen-bond donors (Lipinski definition) is 0. The molecule has 3 aromatic rings. The highest BCUT2D eigenvalue weighted by Crippen LogP contribution is 2.31. The Kier molecular flexibility index (Phi) is 7.38. The van der Waals surface area contributed by atoms with E-state index in [1.807, 2.05) is 0 Å². The van der Waals surface area contributed by atoms with Crippen LogP contribution in [0.2, 0.25) is 0 Å². The van der Waals surface area contributed by atoms with Gasteiger partial charge in [-0.15, -0.1) is 0 Å². The number of ether oxygens (including phenoxy) is 3. The number of nitriles is 1. The van der Waals surface area contributed by atoms with E-state index >= 15 is 0 Å². The normalized spacial score (nSPS) is 10.7. The highest BCUT2D eigenvalue weighted by atomic mass is 16.6. The summed E-state index contributed by atoms with van der Waals surface area (Å²) in [5, 5.41) is 31.6. The van der Waals surface area contributed by atoms with E-state index in [1.54, 1.807) is 36.4 Å². The Morgan fingerprint density at radius 1 is 0.857 bits per heavy atom. The van der Waals surface area contributed by atoms with Crippen molar-refractivity contribution in [3.05, 3.63) is 97.6 Å². The predicted octanol–water partition coefficient (Wildman–Crippen LogP) is 4.80. The Bertz CT molecular complexity index is 1340. The lowest BCUT2D eigenvalue weighted by atomic mass is 10.0. The van der Waals surface area contributed by atoms with E-state index in [0.717, 1.165) is 18.2 Å². The largest absolute Gasteiger partial charge is 0.493 e. The third-order valence-corrected chi connectivity index (χ3v) is 4.78. The topological polar surface area (TPSA) is 155 Å². The van der Waals surface area contributed by atoms with Crippen LogP contribution in [0.5, 0.6) is 17.2 Å². The summed E-state index contributed by atoms with van der Waals surface area (Å²) in [6, 6.07) is 15.8. The molecule has 0 radical (unpaired) electrons. The zero-order valence-corrected chi connectivity index (χ0v) is 18.5. The zero-order chi connectivity index (χ0) is 25.5. The molecule has 0 aliphatic carbocycles. The van der Waals surface area contributed by atoms with Gasteiger partial charge in [0.1, 0.15) is 5.75 Å². The predicted molar refractivity (Wildman–Crippen MR) is 124 cm³/mol. The Balaban J connectivity index is 1.82. The second-order valence-electron chi connectivity index (χ2n) is 6.95. The van der Waals surface area contributed by atoms with Gasteiger partial charge in [-0.3, -0.25) is 20.2 Å². The van der Waals surface area contributed by atoms with Crippen LogP contribution in [0.15, 0.2) is 60.7 Å². The van der Waals surface area contributed by atoms with Crippen LogP contribution in [0, 0.1) is 31.6 Å². The molecule has 0 heterocycles. The number of nitro benzene ring substituents is 2. The van der Waals surface area contributed by atoms with Gasteiger partial charge in [0.05, 0.1) is 47.3 Å². The fourth-order valence-corrected chi connectivity index (χ4v) is 3.07. The average Bonchev–Trinajstić information content (AvgIpc) is 2.87. The van der Waals surface area contributed by atoms with Crippen LogP contribution in [0.4, 0.5) is 11.4 Å². The molecular weight excluding hydrogens is 458 g/mol. The summed E-state index contributed by atoms with van der Waals surface area (Å²) >= 11 is 0. The fourth-order valence-electron chi connectivity index (χ4n) is 3.07. The molecule has 0 saturated carbocycles. The zero-order valence-electron chi connectivity index (χ0n) is 18.5. The van der Waals surface area contributed by atoms with Crippen LogP contribution < -0.4 is 14.2 Å². The molecule has 176 valence electrons. The van der Waals surface area contributed by atoms with Crippen molar-refractivity contribution in [2.24, 2.45) is 0 Å². The van der Waals surface area contributed by atoms with Gasteiger partial charge in [0, 0.05) is 12.1 Å². The van der Waals surface area contributed by atoms with E-state index in [2.05, 4.69) is 6.07 Å². The van der Waals surface area contributed by atoms with Gasteiger partial charge < -0.3 is 14.2 Å². The van der Waals surface area contributed by atoms with Crippen LogP contribution in [-0.2, 0) is 0 Å². The molecule has 0 atom stereocenters. The van der Waals surface area contributed by atoms with Crippen molar-refractivity contribution in [1.29, 1.82) is 5.26 Å². The van der Waals surface area contributed by atoms with Gasteiger partial charge in [-0.05, 0) is 47.5 Å². The van der Waals surface area contributed by atoms with Crippen molar-refractivity contribution in [3.8, 4) is 23.3 Å². The third-order valence-electron chi connectivity index (χ3n) is 4.78.